The number of benzene rings is 1. The topological polar surface area (TPSA) is 24.7 Å². The maximum Gasteiger partial charge on any atom is 0.0763 e. The van der Waals surface area contributed by atoms with Crippen molar-refractivity contribution >= 4 is 11.4 Å². The fourth-order valence-electron chi connectivity index (χ4n) is 1.71. The maximum absolute atomic E-state index is 4.22. The molecule has 0 saturated heterocycles. The number of hydrogen-bond acceptors (Lipinski definition) is 2. The Labute approximate surface area is 101 Å². The molecule has 0 radical (unpaired) electrons. The van der Waals surface area contributed by atoms with Crippen molar-refractivity contribution in [1.29, 1.82) is 0 Å². The first-order valence-electron chi connectivity index (χ1n) is 5.49. The van der Waals surface area contributed by atoms with Gasteiger partial charge in [-0.3, -0.25) is 0 Å². The van der Waals surface area contributed by atoms with Gasteiger partial charge < -0.3 is 0 Å². The summed E-state index contributed by atoms with van der Waals surface area (Å²) in [7, 11) is 0. The molecule has 0 atom stereocenters. The van der Waals surface area contributed by atoms with E-state index in [1.807, 2.05) is 36.4 Å². The molecule has 2 heteroatoms. The van der Waals surface area contributed by atoms with Gasteiger partial charge >= 0.3 is 0 Å². The zero-order chi connectivity index (χ0) is 12.1. The second kappa shape index (κ2) is 5.21. The van der Waals surface area contributed by atoms with Crippen LogP contribution in [0, 0.1) is 0 Å². The first-order chi connectivity index (χ1) is 8.35. The highest BCUT2D eigenvalue weighted by Gasteiger charge is 2.15. The van der Waals surface area contributed by atoms with Crippen molar-refractivity contribution in [2.24, 2.45) is 10.2 Å². The molecule has 1 aliphatic rings. The highest BCUT2D eigenvalue weighted by Crippen LogP contribution is 2.16. The van der Waals surface area contributed by atoms with Crippen molar-refractivity contribution in [1.82, 2.24) is 0 Å². The van der Waals surface area contributed by atoms with Crippen LogP contribution in [0.5, 0.6) is 0 Å². The largest absolute Gasteiger partial charge is 0.154 e. The summed E-state index contributed by atoms with van der Waals surface area (Å²) >= 11 is 0. The molecule has 0 N–H and O–H groups in total. The summed E-state index contributed by atoms with van der Waals surface area (Å²) in [5, 5.41) is 8.42. The first kappa shape index (κ1) is 11.3. The van der Waals surface area contributed by atoms with E-state index in [1.54, 1.807) is 12.2 Å². The van der Waals surface area contributed by atoms with E-state index in [0.717, 1.165) is 29.0 Å². The van der Waals surface area contributed by atoms with Crippen molar-refractivity contribution in [2.45, 2.75) is 6.42 Å². The summed E-state index contributed by atoms with van der Waals surface area (Å²) in [6.07, 6.45) is 6.16. The summed E-state index contributed by atoms with van der Waals surface area (Å²) in [5.41, 5.74) is 4.04. The van der Waals surface area contributed by atoms with Gasteiger partial charge in [0, 0.05) is 6.42 Å². The molecule has 1 aliphatic heterocycles. The van der Waals surface area contributed by atoms with Gasteiger partial charge in [-0.25, -0.2) is 0 Å². The lowest BCUT2D eigenvalue weighted by atomic mass is 10.0. The Hall–Kier alpha value is -2.22. The lowest BCUT2D eigenvalue weighted by molar-refractivity contribution is 1.26. The molecular weight excluding hydrogens is 208 g/mol. The van der Waals surface area contributed by atoms with E-state index >= 15 is 0 Å². The van der Waals surface area contributed by atoms with Crippen LogP contribution in [0.3, 0.4) is 0 Å². The zero-order valence-corrected chi connectivity index (χ0v) is 9.63. The van der Waals surface area contributed by atoms with Gasteiger partial charge in [0.15, 0.2) is 0 Å². The smallest absolute Gasteiger partial charge is 0.0763 e. The van der Waals surface area contributed by atoms with Crippen LogP contribution in [0.15, 0.2) is 77.5 Å². The molecule has 1 aromatic carbocycles. The van der Waals surface area contributed by atoms with Crippen LogP contribution >= 0.6 is 0 Å². The lowest BCUT2D eigenvalue weighted by Crippen LogP contribution is -2.05. The minimum Gasteiger partial charge on any atom is -0.154 e. The van der Waals surface area contributed by atoms with Gasteiger partial charge in [-0.2, -0.15) is 10.2 Å². The highest BCUT2D eigenvalue weighted by molar-refractivity contribution is 6.21. The van der Waals surface area contributed by atoms with E-state index in [4.69, 9.17) is 0 Å². The zero-order valence-electron chi connectivity index (χ0n) is 9.63. The second-order valence-electron chi connectivity index (χ2n) is 3.70. The summed E-state index contributed by atoms with van der Waals surface area (Å²) in [4.78, 5) is 0. The van der Waals surface area contributed by atoms with Gasteiger partial charge in [-0.05, 0) is 11.1 Å². The van der Waals surface area contributed by atoms with Gasteiger partial charge in [-0.15, -0.1) is 0 Å². The van der Waals surface area contributed by atoms with Crippen LogP contribution < -0.4 is 0 Å². The van der Waals surface area contributed by atoms with Gasteiger partial charge in [-0.1, -0.05) is 61.7 Å². The normalized spacial score (nSPS) is 15.2. The molecule has 0 bridgehead atoms. The molecule has 2 nitrogen and oxygen atoms in total. The Morgan fingerprint density at radius 2 is 1.88 bits per heavy atom. The average Bonchev–Trinajstić information content (AvgIpc) is 2.86. The van der Waals surface area contributed by atoms with Gasteiger partial charge in [0.25, 0.3) is 0 Å². The summed E-state index contributed by atoms with van der Waals surface area (Å²) in [6, 6.07) is 10.1. The molecule has 0 amide bonds. The van der Waals surface area contributed by atoms with E-state index in [2.05, 4.69) is 23.4 Å². The van der Waals surface area contributed by atoms with E-state index < -0.39 is 0 Å². The van der Waals surface area contributed by atoms with Crippen LogP contribution in [0.2, 0.25) is 0 Å². The standard InChI is InChI=1S/C15H14N2/c1-3-8-12(4-2)14-11-15(17-16-14)13-9-6-5-7-10-13/h3-10H,1-2,11H2/b12-8+. The molecule has 84 valence electrons. The molecule has 0 fully saturated rings. The average molecular weight is 222 g/mol. The third-order valence-corrected chi connectivity index (χ3v) is 2.58. The summed E-state index contributed by atoms with van der Waals surface area (Å²) in [6.45, 7) is 7.45. The van der Waals surface area contributed by atoms with Crippen LogP contribution in [0.1, 0.15) is 12.0 Å². The first-order valence-corrected chi connectivity index (χ1v) is 5.49. The predicted octanol–water partition coefficient (Wildman–Crippen LogP) is 3.53. The number of rotatable bonds is 4. The minimum absolute atomic E-state index is 0.746. The molecule has 2 rings (SSSR count). The lowest BCUT2D eigenvalue weighted by Gasteiger charge is -2.01. The summed E-state index contributed by atoms with van der Waals surface area (Å²) < 4.78 is 0. The van der Waals surface area contributed by atoms with E-state index in [0.29, 0.717) is 0 Å². The highest BCUT2D eigenvalue weighted by atomic mass is 15.2. The SMILES string of the molecule is C=C/C=C(\C=C)C1=NN=C(c2ccccc2)C1. The van der Waals surface area contributed by atoms with Crippen LogP contribution in [-0.2, 0) is 0 Å². The Morgan fingerprint density at radius 3 is 2.53 bits per heavy atom. The number of nitrogens with zero attached hydrogens (tertiary/aromatic N) is 2. The predicted molar refractivity (Wildman–Crippen MR) is 73.5 cm³/mol. The molecule has 0 unspecified atom stereocenters. The molecule has 0 aromatic heterocycles. The Kier molecular flexibility index (Phi) is 3.46. The van der Waals surface area contributed by atoms with Crippen molar-refractivity contribution in [3.05, 3.63) is 72.9 Å². The fourth-order valence-corrected chi connectivity index (χ4v) is 1.71. The number of allylic oxidation sites excluding steroid dienone is 4. The van der Waals surface area contributed by atoms with Gasteiger partial charge in [0.05, 0.1) is 11.4 Å². The fraction of sp³-hybridized carbons (Fsp3) is 0.0667. The monoisotopic (exact) mass is 222 g/mol. The molecule has 1 heterocycles. The molecule has 0 aliphatic carbocycles. The molecular formula is C15H14N2. The molecule has 17 heavy (non-hydrogen) atoms. The number of hydrogen-bond donors (Lipinski definition) is 0. The van der Waals surface area contributed by atoms with E-state index in [-0.39, 0.29) is 0 Å². The minimum atomic E-state index is 0.746. The van der Waals surface area contributed by atoms with E-state index in [9.17, 15) is 0 Å². The molecule has 0 spiro atoms. The van der Waals surface area contributed by atoms with Gasteiger partial charge in [0.2, 0.25) is 0 Å². The maximum atomic E-state index is 4.22. The van der Waals surface area contributed by atoms with Crippen LogP contribution in [-0.4, -0.2) is 11.4 Å². The Bertz CT molecular complexity index is 519. The van der Waals surface area contributed by atoms with Crippen LogP contribution in [0.4, 0.5) is 0 Å². The van der Waals surface area contributed by atoms with Crippen molar-refractivity contribution in [2.75, 3.05) is 0 Å². The van der Waals surface area contributed by atoms with Crippen molar-refractivity contribution in [3.8, 4) is 0 Å². The third kappa shape index (κ3) is 2.48. The molecule has 0 saturated carbocycles. The van der Waals surface area contributed by atoms with Crippen LogP contribution in [0.25, 0.3) is 0 Å². The molecule has 1 aromatic rings. The second-order valence-corrected chi connectivity index (χ2v) is 3.70. The summed E-state index contributed by atoms with van der Waals surface area (Å²) in [5.74, 6) is 0. The van der Waals surface area contributed by atoms with Gasteiger partial charge in [0.1, 0.15) is 0 Å². The Balaban J connectivity index is 2.16. The van der Waals surface area contributed by atoms with E-state index in [1.165, 1.54) is 0 Å². The van der Waals surface area contributed by atoms with Crippen molar-refractivity contribution in [3.63, 3.8) is 0 Å². The third-order valence-electron chi connectivity index (χ3n) is 2.58. The quantitative estimate of drug-likeness (QED) is 0.696. The van der Waals surface area contributed by atoms with Crippen molar-refractivity contribution < 1.29 is 0 Å². The Morgan fingerprint density at radius 1 is 1.12 bits per heavy atom.